The quantitative estimate of drug-likeness (QED) is 0.704. The van der Waals surface area contributed by atoms with E-state index in [1.807, 2.05) is 18.2 Å². The van der Waals surface area contributed by atoms with Gasteiger partial charge in [-0.15, -0.1) is 0 Å². The van der Waals surface area contributed by atoms with Crippen molar-refractivity contribution in [2.24, 2.45) is 0 Å². The zero-order chi connectivity index (χ0) is 14.1. The molecule has 0 aliphatic carbocycles. The number of aromatic nitrogens is 3. The van der Waals surface area contributed by atoms with Gasteiger partial charge in [-0.1, -0.05) is 38.2 Å². The van der Waals surface area contributed by atoms with E-state index in [0.717, 1.165) is 28.0 Å². The fourth-order valence-electron chi connectivity index (χ4n) is 2.15. The molecule has 0 atom stereocenters. The van der Waals surface area contributed by atoms with Crippen LogP contribution in [-0.4, -0.2) is 15.0 Å². The van der Waals surface area contributed by atoms with Crippen LogP contribution in [0.5, 0.6) is 0 Å². The van der Waals surface area contributed by atoms with E-state index in [0.29, 0.717) is 10.6 Å². The molecule has 100 valence electrons. The Morgan fingerprint density at radius 2 is 2.00 bits per heavy atom. The molecule has 0 amide bonds. The Hall–Kier alpha value is -2.07. The van der Waals surface area contributed by atoms with Crippen molar-refractivity contribution in [1.82, 2.24) is 15.0 Å². The SMILES string of the molecule is CC(C)c1nc(=S)cc(-c2ccc3ncccc3c2)[nH]1. The van der Waals surface area contributed by atoms with Crippen LogP contribution in [-0.2, 0) is 0 Å². The van der Waals surface area contributed by atoms with Crippen LogP contribution in [0.4, 0.5) is 0 Å². The summed E-state index contributed by atoms with van der Waals surface area (Å²) in [4.78, 5) is 12.1. The monoisotopic (exact) mass is 281 g/mol. The van der Waals surface area contributed by atoms with Crippen LogP contribution in [0.15, 0.2) is 42.6 Å². The molecule has 0 spiro atoms. The maximum absolute atomic E-state index is 5.26. The molecule has 0 aliphatic heterocycles. The van der Waals surface area contributed by atoms with Gasteiger partial charge in [-0.25, -0.2) is 4.98 Å². The van der Waals surface area contributed by atoms with Gasteiger partial charge in [0.25, 0.3) is 0 Å². The largest absolute Gasteiger partial charge is 0.343 e. The second-order valence-corrected chi connectivity index (χ2v) is 5.50. The summed E-state index contributed by atoms with van der Waals surface area (Å²) in [5.41, 5.74) is 3.09. The molecule has 2 heterocycles. The van der Waals surface area contributed by atoms with Crippen LogP contribution in [0.3, 0.4) is 0 Å². The van der Waals surface area contributed by atoms with Gasteiger partial charge in [0.2, 0.25) is 0 Å². The van der Waals surface area contributed by atoms with E-state index < -0.39 is 0 Å². The topological polar surface area (TPSA) is 41.6 Å². The molecule has 0 saturated heterocycles. The first-order valence-corrected chi connectivity index (χ1v) is 7.01. The van der Waals surface area contributed by atoms with Crippen LogP contribution in [0.1, 0.15) is 25.6 Å². The minimum Gasteiger partial charge on any atom is -0.343 e. The minimum atomic E-state index is 0.318. The molecule has 3 aromatic rings. The van der Waals surface area contributed by atoms with Crippen molar-refractivity contribution in [1.29, 1.82) is 0 Å². The van der Waals surface area contributed by atoms with Gasteiger partial charge in [-0.2, -0.15) is 0 Å². The lowest BCUT2D eigenvalue weighted by Gasteiger charge is -2.09. The Morgan fingerprint density at radius 3 is 2.80 bits per heavy atom. The first-order chi connectivity index (χ1) is 9.63. The summed E-state index contributed by atoms with van der Waals surface area (Å²) in [5.74, 6) is 1.23. The molecule has 0 unspecified atom stereocenters. The number of rotatable bonds is 2. The Bertz CT molecular complexity index is 821. The summed E-state index contributed by atoms with van der Waals surface area (Å²) in [6, 6.07) is 12.1. The standard InChI is InChI=1S/C16H15N3S/c1-10(2)16-18-14(9-15(20)19-16)12-5-6-13-11(8-12)4-3-7-17-13/h3-10H,1-2H3,(H,18,19,20). The third kappa shape index (κ3) is 2.47. The Kier molecular flexibility index (Phi) is 3.32. The number of H-pyrrole nitrogens is 1. The number of fused-ring (bicyclic) bond motifs is 1. The zero-order valence-electron chi connectivity index (χ0n) is 11.4. The lowest BCUT2D eigenvalue weighted by Crippen LogP contribution is -1.99. The summed E-state index contributed by atoms with van der Waals surface area (Å²) in [5, 5.41) is 1.12. The first-order valence-electron chi connectivity index (χ1n) is 6.60. The fraction of sp³-hybridized carbons (Fsp3) is 0.188. The lowest BCUT2D eigenvalue weighted by molar-refractivity contribution is 0.773. The van der Waals surface area contributed by atoms with Crippen molar-refractivity contribution < 1.29 is 0 Å². The third-order valence-corrected chi connectivity index (χ3v) is 3.43. The molecule has 3 nitrogen and oxygen atoms in total. The van der Waals surface area contributed by atoms with Crippen molar-refractivity contribution in [3.8, 4) is 11.3 Å². The normalized spacial score (nSPS) is 11.2. The van der Waals surface area contributed by atoms with Gasteiger partial charge in [-0.05, 0) is 29.8 Å². The van der Waals surface area contributed by atoms with E-state index in [2.05, 4.69) is 47.0 Å². The number of benzene rings is 1. The molecule has 0 fully saturated rings. The smallest absolute Gasteiger partial charge is 0.130 e. The van der Waals surface area contributed by atoms with E-state index in [-0.39, 0.29) is 0 Å². The molecule has 0 aliphatic rings. The highest BCUT2D eigenvalue weighted by molar-refractivity contribution is 7.71. The maximum Gasteiger partial charge on any atom is 0.130 e. The number of hydrogen-bond donors (Lipinski definition) is 1. The highest BCUT2D eigenvalue weighted by atomic mass is 32.1. The molecule has 4 heteroatoms. The van der Waals surface area contributed by atoms with Gasteiger partial charge in [0.15, 0.2) is 0 Å². The Labute approximate surface area is 122 Å². The Balaban J connectivity index is 2.17. The zero-order valence-corrected chi connectivity index (χ0v) is 12.2. The van der Waals surface area contributed by atoms with E-state index in [9.17, 15) is 0 Å². The van der Waals surface area contributed by atoms with Crippen molar-refractivity contribution in [2.45, 2.75) is 19.8 Å². The molecular weight excluding hydrogens is 266 g/mol. The van der Waals surface area contributed by atoms with Gasteiger partial charge in [-0.3, -0.25) is 4.98 Å². The van der Waals surface area contributed by atoms with E-state index in [1.54, 1.807) is 6.20 Å². The van der Waals surface area contributed by atoms with Gasteiger partial charge >= 0.3 is 0 Å². The molecule has 0 saturated carbocycles. The van der Waals surface area contributed by atoms with Gasteiger partial charge in [0.1, 0.15) is 10.5 Å². The molecule has 1 N–H and O–H groups in total. The average Bonchev–Trinajstić information content (AvgIpc) is 2.46. The van der Waals surface area contributed by atoms with Crippen molar-refractivity contribution in [3.63, 3.8) is 0 Å². The third-order valence-electron chi connectivity index (χ3n) is 3.22. The van der Waals surface area contributed by atoms with Crippen LogP contribution in [0, 0.1) is 4.64 Å². The summed E-state index contributed by atoms with van der Waals surface area (Å²) in [6.45, 7) is 4.20. The molecule has 2 aromatic heterocycles. The number of pyridine rings is 1. The highest BCUT2D eigenvalue weighted by Gasteiger charge is 2.06. The summed E-state index contributed by atoms with van der Waals surface area (Å²) in [7, 11) is 0. The summed E-state index contributed by atoms with van der Waals surface area (Å²) in [6.07, 6.45) is 1.80. The average molecular weight is 281 g/mol. The number of nitrogens with one attached hydrogen (secondary N) is 1. The van der Waals surface area contributed by atoms with Gasteiger partial charge < -0.3 is 4.98 Å². The highest BCUT2D eigenvalue weighted by Crippen LogP contribution is 2.23. The second kappa shape index (κ2) is 5.13. The van der Waals surface area contributed by atoms with Crippen LogP contribution < -0.4 is 0 Å². The maximum atomic E-state index is 5.26. The van der Waals surface area contributed by atoms with Crippen LogP contribution >= 0.6 is 12.2 Å². The van der Waals surface area contributed by atoms with Gasteiger partial charge in [0, 0.05) is 23.2 Å². The van der Waals surface area contributed by atoms with E-state index in [1.165, 1.54) is 0 Å². The van der Waals surface area contributed by atoms with Crippen LogP contribution in [0.2, 0.25) is 0 Å². The number of nitrogens with zero attached hydrogens (tertiary/aromatic N) is 2. The van der Waals surface area contributed by atoms with Crippen molar-refractivity contribution in [3.05, 3.63) is 53.1 Å². The van der Waals surface area contributed by atoms with Crippen molar-refractivity contribution >= 4 is 23.1 Å². The lowest BCUT2D eigenvalue weighted by atomic mass is 10.1. The van der Waals surface area contributed by atoms with Gasteiger partial charge in [0.05, 0.1) is 5.52 Å². The molecule has 0 radical (unpaired) electrons. The number of aromatic amines is 1. The number of hydrogen-bond acceptors (Lipinski definition) is 3. The second-order valence-electron chi connectivity index (χ2n) is 5.08. The minimum absolute atomic E-state index is 0.318. The predicted octanol–water partition coefficient (Wildman–Crippen LogP) is 4.48. The summed E-state index contributed by atoms with van der Waals surface area (Å²) >= 11 is 5.26. The van der Waals surface area contributed by atoms with Crippen LogP contribution in [0.25, 0.3) is 22.2 Å². The van der Waals surface area contributed by atoms with Crippen molar-refractivity contribution in [2.75, 3.05) is 0 Å². The van der Waals surface area contributed by atoms with E-state index in [4.69, 9.17) is 12.2 Å². The molecule has 20 heavy (non-hydrogen) atoms. The Morgan fingerprint density at radius 1 is 1.15 bits per heavy atom. The summed E-state index contributed by atoms with van der Waals surface area (Å²) < 4.78 is 0.619. The molecule has 0 bridgehead atoms. The first kappa shape index (κ1) is 12.9. The molecule has 3 rings (SSSR count). The molecular formula is C16H15N3S. The van der Waals surface area contributed by atoms with E-state index >= 15 is 0 Å². The molecule has 1 aromatic carbocycles. The fourth-order valence-corrected chi connectivity index (χ4v) is 2.36. The predicted molar refractivity (Wildman–Crippen MR) is 84.2 cm³/mol.